The van der Waals surface area contributed by atoms with Gasteiger partial charge in [0.15, 0.2) is 5.96 Å². The SMILES string of the molecule is Cc1ccc(CN=C(NCC2CCCN(c3ncccn3)C2)Nc2ccccc2)cc1.I. The van der Waals surface area contributed by atoms with E-state index in [0.29, 0.717) is 12.5 Å². The molecule has 1 aliphatic heterocycles. The quantitative estimate of drug-likeness (QED) is 0.264. The molecule has 2 N–H and O–H groups in total. The molecule has 3 aromatic rings. The summed E-state index contributed by atoms with van der Waals surface area (Å²) in [4.78, 5) is 15.9. The first kappa shape index (κ1) is 24.0. The van der Waals surface area contributed by atoms with Crippen LogP contribution in [0.5, 0.6) is 0 Å². The van der Waals surface area contributed by atoms with Crippen molar-refractivity contribution in [1.82, 2.24) is 15.3 Å². The Morgan fingerprint density at radius 3 is 2.53 bits per heavy atom. The van der Waals surface area contributed by atoms with Gasteiger partial charge < -0.3 is 15.5 Å². The lowest BCUT2D eigenvalue weighted by molar-refractivity contribution is 0.407. The third kappa shape index (κ3) is 7.19. The molecule has 0 bridgehead atoms. The van der Waals surface area contributed by atoms with E-state index in [-0.39, 0.29) is 24.0 Å². The van der Waals surface area contributed by atoms with E-state index in [1.54, 1.807) is 0 Å². The lowest BCUT2D eigenvalue weighted by Crippen LogP contribution is -2.43. The first-order chi connectivity index (χ1) is 15.3. The van der Waals surface area contributed by atoms with Crippen molar-refractivity contribution in [3.05, 3.63) is 84.2 Å². The molecule has 0 aliphatic carbocycles. The van der Waals surface area contributed by atoms with Gasteiger partial charge >= 0.3 is 0 Å². The van der Waals surface area contributed by atoms with Crippen LogP contribution in [-0.4, -0.2) is 35.6 Å². The molecule has 1 aliphatic rings. The fourth-order valence-corrected chi connectivity index (χ4v) is 3.77. The first-order valence-electron chi connectivity index (χ1n) is 10.9. The van der Waals surface area contributed by atoms with Crippen molar-refractivity contribution in [1.29, 1.82) is 0 Å². The highest BCUT2D eigenvalue weighted by Crippen LogP contribution is 2.19. The minimum atomic E-state index is 0. The highest BCUT2D eigenvalue weighted by Gasteiger charge is 2.21. The van der Waals surface area contributed by atoms with Gasteiger partial charge in [-0.2, -0.15) is 0 Å². The summed E-state index contributed by atoms with van der Waals surface area (Å²) in [6.07, 6.45) is 5.95. The highest BCUT2D eigenvalue weighted by molar-refractivity contribution is 14.0. The maximum atomic E-state index is 4.84. The van der Waals surface area contributed by atoms with Crippen LogP contribution in [-0.2, 0) is 6.54 Å². The molecule has 32 heavy (non-hydrogen) atoms. The number of aryl methyl sites for hydroxylation is 1. The Morgan fingerprint density at radius 2 is 1.78 bits per heavy atom. The molecule has 2 aromatic carbocycles. The zero-order chi connectivity index (χ0) is 21.3. The summed E-state index contributed by atoms with van der Waals surface area (Å²) >= 11 is 0. The molecular formula is C25H31IN6. The van der Waals surface area contributed by atoms with Crippen LogP contribution in [0.2, 0.25) is 0 Å². The molecule has 0 spiro atoms. The maximum Gasteiger partial charge on any atom is 0.225 e. The third-order valence-corrected chi connectivity index (χ3v) is 5.49. The Labute approximate surface area is 207 Å². The van der Waals surface area contributed by atoms with Crippen molar-refractivity contribution >= 4 is 41.6 Å². The van der Waals surface area contributed by atoms with Gasteiger partial charge in [0.25, 0.3) is 0 Å². The van der Waals surface area contributed by atoms with Crippen molar-refractivity contribution in [2.24, 2.45) is 10.9 Å². The summed E-state index contributed by atoms with van der Waals surface area (Å²) in [7, 11) is 0. The van der Waals surface area contributed by atoms with Crippen LogP contribution in [0.3, 0.4) is 0 Å². The number of rotatable bonds is 6. The molecule has 1 unspecified atom stereocenters. The van der Waals surface area contributed by atoms with E-state index in [9.17, 15) is 0 Å². The smallest absolute Gasteiger partial charge is 0.225 e. The zero-order valence-electron chi connectivity index (χ0n) is 18.4. The molecule has 2 heterocycles. The van der Waals surface area contributed by atoms with Crippen molar-refractivity contribution in [2.75, 3.05) is 29.9 Å². The fraction of sp³-hybridized carbons (Fsp3) is 0.320. The summed E-state index contributed by atoms with van der Waals surface area (Å²) < 4.78 is 0. The Morgan fingerprint density at radius 1 is 1.03 bits per heavy atom. The van der Waals surface area contributed by atoms with Gasteiger partial charge in [-0.3, -0.25) is 0 Å². The molecule has 1 aromatic heterocycles. The summed E-state index contributed by atoms with van der Waals surface area (Å²) in [5.74, 6) is 2.14. The van der Waals surface area contributed by atoms with Gasteiger partial charge in [-0.05, 0) is 49.4 Å². The Kier molecular flexibility index (Phi) is 9.27. The normalized spacial score (nSPS) is 16.2. The lowest BCUT2D eigenvalue weighted by atomic mass is 9.98. The number of halogens is 1. The predicted molar refractivity (Wildman–Crippen MR) is 143 cm³/mol. The number of hydrogen-bond donors (Lipinski definition) is 2. The molecule has 6 nitrogen and oxygen atoms in total. The van der Waals surface area contributed by atoms with E-state index in [1.807, 2.05) is 36.7 Å². The molecule has 0 saturated carbocycles. The maximum absolute atomic E-state index is 4.84. The molecule has 0 amide bonds. The van der Waals surface area contributed by atoms with Crippen LogP contribution < -0.4 is 15.5 Å². The standard InChI is InChI=1S/C25H30N6.HI/c1-20-10-12-21(13-11-20)17-28-24(30-23-8-3-2-4-9-23)29-18-22-7-5-16-31(19-22)25-26-14-6-15-27-25;/h2-4,6,8-15,22H,5,7,16-19H2,1H3,(H2,28,29,30);1H. The highest BCUT2D eigenvalue weighted by atomic mass is 127. The molecule has 0 radical (unpaired) electrons. The monoisotopic (exact) mass is 542 g/mol. The van der Waals surface area contributed by atoms with E-state index in [1.165, 1.54) is 17.5 Å². The number of para-hydroxylation sites is 1. The summed E-state index contributed by atoms with van der Waals surface area (Å²) in [5, 5.41) is 7.01. The second kappa shape index (κ2) is 12.4. The topological polar surface area (TPSA) is 65.4 Å². The van der Waals surface area contributed by atoms with Gasteiger partial charge in [0.1, 0.15) is 0 Å². The van der Waals surface area contributed by atoms with Crippen LogP contribution in [0, 0.1) is 12.8 Å². The number of aliphatic imine (C=N–C) groups is 1. The van der Waals surface area contributed by atoms with E-state index >= 15 is 0 Å². The Bertz CT molecular complexity index is 963. The minimum Gasteiger partial charge on any atom is -0.356 e. The number of hydrogen-bond acceptors (Lipinski definition) is 4. The molecule has 4 rings (SSSR count). The number of nitrogens with one attached hydrogen (secondary N) is 2. The second-order valence-corrected chi connectivity index (χ2v) is 8.03. The third-order valence-electron chi connectivity index (χ3n) is 5.49. The summed E-state index contributed by atoms with van der Waals surface area (Å²) in [6.45, 7) is 5.56. The first-order valence-corrected chi connectivity index (χ1v) is 10.9. The van der Waals surface area contributed by atoms with Gasteiger partial charge in [0.05, 0.1) is 6.54 Å². The average molecular weight is 542 g/mol. The summed E-state index contributed by atoms with van der Waals surface area (Å²) in [6, 6.07) is 20.6. The largest absolute Gasteiger partial charge is 0.356 e. The number of aromatic nitrogens is 2. The Balaban J connectivity index is 0.00000289. The van der Waals surface area contributed by atoms with E-state index in [2.05, 4.69) is 68.8 Å². The molecule has 1 atom stereocenters. The van der Waals surface area contributed by atoms with Crippen molar-refractivity contribution in [2.45, 2.75) is 26.3 Å². The molecule has 168 valence electrons. The number of anilines is 2. The number of benzene rings is 2. The second-order valence-electron chi connectivity index (χ2n) is 8.03. The molecule has 1 saturated heterocycles. The number of nitrogens with zero attached hydrogens (tertiary/aromatic N) is 4. The Hall–Kier alpha value is -2.68. The zero-order valence-corrected chi connectivity index (χ0v) is 20.8. The van der Waals surface area contributed by atoms with Crippen LogP contribution >= 0.6 is 24.0 Å². The average Bonchev–Trinajstić information content (AvgIpc) is 2.83. The molecule has 1 fully saturated rings. The molecular weight excluding hydrogens is 511 g/mol. The number of guanidine groups is 1. The van der Waals surface area contributed by atoms with Crippen LogP contribution in [0.4, 0.5) is 11.6 Å². The van der Waals surface area contributed by atoms with Gasteiger partial charge in [-0.25, -0.2) is 15.0 Å². The van der Waals surface area contributed by atoms with Gasteiger partial charge in [0.2, 0.25) is 5.95 Å². The van der Waals surface area contributed by atoms with E-state index in [4.69, 9.17) is 4.99 Å². The lowest BCUT2D eigenvalue weighted by Gasteiger charge is -2.33. The minimum absolute atomic E-state index is 0. The fourth-order valence-electron chi connectivity index (χ4n) is 3.77. The predicted octanol–water partition coefficient (Wildman–Crippen LogP) is 4.88. The van der Waals surface area contributed by atoms with Gasteiger partial charge in [-0.1, -0.05) is 48.0 Å². The van der Waals surface area contributed by atoms with Crippen molar-refractivity contribution in [3.63, 3.8) is 0 Å². The molecule has 7 heteroatoms. The number of piperidine rings is 1. The summed E-state index contributed by atoms with van der Waals surface area (Å²) in [5.41, 5.74) is 3.49. The van der Waals surface area contributed by atoms with Gasteiger partial charge in [-0.15, -0.1) is 24.0 Å². The van der Waals surface area contributed by atoms with Gasteiger partial charge in [0, 0.05) is 37.7 Å². The van der Waals surface area contributed by atoms with E-state index < -0.39 is 0 Å². The van der Waals surface area contributed by atoms with Crippen molar-refractivity contribution in [3.8, 4) is 0 Å². The van der Waals surface area contributed by atoms with Crippen LogP contribution in [0.25, 0.3) is 0 Å². The van der Waals surface area contributed by atoms with Crippen LogP contribution in [0.15, 0.2) is 78.0 Å². The van der Waals surface area contributed by atoms with Crippen LogP contribution in [0.1, 0.15) is 24.0 Å². The van der Waals surface area contributed by atoms with Crippen molar-refractivity contribution < 1.29 is 0 Å². The van der Waals surface area contributed by atoms with E-state index in [0.717, 1.165) is 43.7 Å².